The Morgan fingerprint density at radius 1 is 1.36 bits per heavy atom. The summed E-state index contributed by atoms with van der Waals surface area (Å²) in [6.45, 7) is 9.67. The van der Waals surface area contributed by atoms with Crippen LogP contribution in [0.1, 0.15) is 46.5 Å². The number of aliphatic hydroxyl groups is 1. The fourth-order valence-corrected chi connectivity index (χ4v) is 4.51. The average molecular weight is 441 g/mol. The zero-order valence-electron chi connectivity index (χ0n) is 14.4. The molecule has 2 atom stereocenters. The summed E-state index contributed by atoms with van der Waals surface area (Å²) in [5.41, 5.74) is -0.0196. The molecule has 0 bridgehead atoms. The molecule has 2 N–H and O–H groups in total. The minimum atomic E-state index is -0.190. The van der Waals surface area contributed by atoms with Crippen molar-refractivity contribution in [1.82, 2.24) is 10.2 Å². The molecule has 2 unspecified atom stereocenters. The van der Waals surface area contributed by atoms with Crippen LogP contribution in [0, 0.1) is 5.41 Å². The van der Waals surface area contributed by atoms with Gasteiger partial charge in [-0.05, 0) is 26.7 Å². The number of guanidine groups is 1. The number of nitrogens with one attached hydrogen (secondary N) is 1. The van der Waals surface area contributed by atoms with Crippen LogP contribution in [0.15, 0.2) is 4.99 Å². The maximum Gasteiger partial charge on any atom is 0.193 e. The van der Waals surface area contributed by atoms with Crippen molar-refractivity contribution in [2.75, 3.05) is 32.4 Å². The van der Waals surface area contributed by atoms with E-state index in [9.17, 15) is 5.11 Å². The normalized spacial score (nSPS) is 32.3. The van der Waals surface area contributed by atoms with E-state index in [2.05, 4.69) is 36.0 Å². The van der Waals surface area contributed by atoms with E-state index < -0.39 is 0 Å². The molecule has 1 heterocycles. The second-order valence-corrected chi connectivity index (χ2v) is 9.15. The third-order valence-corrected chi connectivity index (χ3v) is 6.16. The molecule has 0 aromatic heterocycles. The molecule has 2 fully saturated rings. The van der Waals surface area contributed by atoms with Crippen molar-refractivity contribution in [3.8, 4) is 0 Å². The molecular formula is C16H32IN3OS. The highest BCUT2D eigenvalue weighted by Gasteiger charge is 2.36. The Kier molecular flexibility index (Phi) is 7.79. The maximum atomic E-state index is 10.3. The second kappa shape index (κ2) is 8.42. The second-order valence-electron chi connectivity index (χ2n) is 7.35. The van der Waals surface area contributed by atoms with Gasteiger partial charge in [0.2, 0.25) is 0 Å². The summed E-state index contributed by atoms with van der Waals surface area (Å²) in [7, 11) is 1.86. The quantitative estimate of drug-likeness (QED) is 0.393. The van der Waals surface area contributed by atoms with Crippen LogP contribution in [0.5, 0.6) is 0 Å². The van der Waals surface area contributed by atoms with Gasteiger partial charge in [-0.2, -0.15) is 11.8 Å². The van der Waals surface area contributed by atoms with Crippen LogP contribution >= 0.6 is 35.7 Å². The zero-order chi connectivity index (χ0) is 15.5. The molecule has 1 saturated heterocycles. The molecule has 0 amide bonds. The van der Waals surface area contributed by atoms with Crippen molar-refractivity contribution in [2.24, 2.45) is 10.4 Å². The third kappa shape index (κ3) is 5.16. The van der Waals surface area contributed by atoms with Gasteiger partial charge in [-0.25, -0.2) is 0 Å². The summed E-state index contributed by atoms with van der Waals surface area (Å²) >= 11 is 2.03. The summed E-state index contributed by atoms with van der Waals surface area (Å²) in [4.78, 5) is 6.81. The predicted octanol–water partition coefficient (Wildman–Crippen LogP) is 2.95. The van der Waals surface area contributed by atoms with Crippen molar-refractivity contribution in [1.29, 1.82) is 0 Å². The van der Waals surface area contributed by atoms with E-state index in [-0.39, 0.29) is 40.2 Å². The maximum absolute atomic E-state index is 10.3. The van der Waals surface area contributed by atoms with Crippen LogP contribution < -0.4 is 5.32 Å². The van der Waals surface area contributed by atoms with Crippen molar-refractivity contribution in [2.45, 2.75) is 57.3 Å². The number of hydrogen-bond donors (Lipinski definition) is 2. The first-order valence-electron chi connectivity index (χ1n) is 8.14. The summed E-state index contributed by atoms with van der Waals surface area (Å²) in [5.74, 6) is 2.13. The van der Waals surface area contributed by atoms with Crippen molar-refractivity contribution in [3.05, 3.63) is 0 Å². The lowest BCUT2D eigenvalue weighted by atomic mass is 9.73. The van der Waals surface area contributed by atoms with E-state index in [0.717, 1.165) is 50.6 Å². The van der Waals surface area contributed by atoms with Gasteiger partial charge in [0, 0.05) is 42.6 Å². The molecule has 0 spiro atoms. The van der Waals surface area contributed by atoms with Crippen LogP contribution in [0.25, 0.3) is 0 Å². The van der Waals surface area contributed by atoms with Gasteiger partial charge in [-0.1, -0.05) is 19.8 Å². The molecule has 2 rings (SSSR count). The van der Waals surface area contributed by atoms with Crippen LogP contribution in [-0.4, -0.2) is 59.3 Å². The van der Waals surface area contributed by atoms with Gasteiger partial charge in [-0.15, -0.1) is 24.0 Å². The largest absolute Gasteiger partial charge is 0.392 e. The van der Waals surface area contributed by atoms with Crippen molar-refractivity contribution < 1.29 is 5.11 Å². The van der Waals surface area contributed by atoms with Gasteiger partial charge in [0.15, 0.2) is 5.96 Å². The standard InChI is InChI=1S/C16H31N3OS.HI/c1-15(2)12-19(9-10-21-15)14(17-4)18-11-16(3)8-6-5-7-13(16)20;/h13,20H,5-12H2,1-4H3,(H,17,18);1H. The lowest BCUT2D eigenvalue weighted by Gasteiger charge is -2.42. The highest BCUT2D eigenvalue weighted by atomic mass is 127. The van der Waals surface area contributed by atoms with E-state index in [4.69, 9.17) is 0 Å². The fraction of sp³-hybridized carbons (Fsp3) is 0.938. The summed E-state index contributed by atoms with van der Waals surface area (Å²) < 4.78 is 0.282. The van der Waals surface area contributed by atoms with E-state index in [0.29, 0.717) is 0 Å². The molecule has 1 saturated carbocycles. The molecule has 0 aromatic carbocycles. The number of nitrogens with zero attached hydrogens (tertiary/aromatic N) is 2. The number of aliphatic hydroxyl groups excluding tert-OH is 1. The van der Waals surface area contributed by atoms with Crippen LogP contribution in [-0.2, 0) is 0 Å². The smallest absolute Gasteiger partial charge is 0.193 e. The highest BCUT2D eigenvalue weighted by Crippen LogP contribution is 2.35. The number of rotatable bonds is 2. The predicted molar refractivity (Wildman–Crippen MR) is 107 cm³/mol. The Balaban J connectivity index is 0.00000242. The molecule has 1 aliphatic carbocycles. The Bertz CT molecular complexity index is 392. The van der Waals surface area contributed by atoms with Gasteiger partial charge in [-0.3, -0.25) is 4.99 Å². The first kappa shape index (κ1) is 20.4. The van der Waals surface area contributed by atoms with E-state index >= 15 is 0 Å². The first-order chi connectivity index (χ1) is 9.86. The molecule has 1 aliphatic heterocycles. The summed E-state index contributed by atoms with van der Waals surface area (Å²) in [5, 5.41) is 13.8. The monoisotopic (exact) mass is 441 g/mol. The third-order valence-electron chi connectivity index (χ3n) is 4.87. The lowest BCUT2D eigenvalue weighted by molar-refractivity contribution is 0.00364. The van der Waals surface area contributed by atoms with Crippen molar-refractivity contribution in [3.63, 3.8) is 0 Å². The van der Waals surface area contributed by atoms with E-state index in [1.807, 2.05) is 18.8 Å². The van der Waals surface area contributed by atoms with E-state index in [1.54, 1.807) is 0 Å². The lowest BCUT2D eigenvalue weighted by Crippen LogP contribution is -2.54. The van der Waals surface area contributed by atoms with Gasteiger partial charge in [0.25, 0.3) is 0 Å². The Labute approximate surface area is 156 Å². The molecule has 2 aliphatic rings. The minimum Gasteiger partial charge on any atom is -0.392 e. The van der Waals surface area contributed by atoms with E-state index in [1.165, 1.54) is 6.42 Å². The molecule has 0 aromatic rings. The van der Waals surface area contributed by atoms with Gasteiger partial charge in [0.05, 0.1) is 6.10 Å². The van der Waals surface area contributed by atoms with Crippen LogP contribution in [0.2, 0.25) is 0 Å². The van der Waals surface area contributed by atoms with Gasteiger partial charge < -0.3 is 15.3 Å². The fourth-order valence-electron chi connectivity index (χ4n) is 3.40. The van der Waals surface area contributed by atoms with Gasteiger partial charge >= 0.3 is 0 Å². The minimum absolute atomic E-state index is 0. The first-order valence-corrected chi connectivity index (χ1v) is 9.12. The SMILES string of the molecule is CN=C(NCC1(C)CCCCC1O)N1CCSC(C)(C)C1.I. The highest BCUT2D eigenvalue weighted by molar-refractivity contribution is 14.0. The Hall–Kier alpha value is 0.310. The topological polar surface area (TPSA) is 47.9 Å². The van der Waals surface area contributed by atoms with Crippen molar-refractivity contribution >= 4 is 41.7 Å². The average Bonchev–Trinajstić information content (AvgIpc) is 2.42. The number of aliphatic imine (C=N–C) groups is 1. The van der Waals surface area contributed by atoms with Gasteiger partial charge in [0.1, 0.15) is 0 Å². The Morgan fingerprint density at radius 2 is 2.09 bits per heavy atom. The van der Waals surface area contributed by atoms with Crippen LogP contribution in [0.4, 0.5) is 0 Å². The Morgan fingerprint density at radius 3 is 2.68 bits per heavy atom. The molecule has 4 nitrogen and oxygen atoms in total. The molecule has 130 valence electrons. The van der Waals surface area contributed by atoms with Crippen LogP contribution in [0.3, 0.4) is 0 Å². The molecule has 6 heteroatoms. The number of thioether (sulfide) groups is 1. The number of hydrogen-bond acceptors (Lipinski definition) is 3. The number of halogens is 1. The molecule has 22 heavy (non-hydrogen) atoms. The summed E-state index contributed by atoms with van der Waals surface area (Å²) in [6, 6.07) is 0. The summed E-state index contributed by atoms with van der Waals surface area (Å²) in [6.07, 6.45) is 4.22. The molecule has 0 radical (unpaired) electrons. The molecular weight excluding hydrogens is 409 g/mol. The zero-order valence-corrected chi connectivity index (χ0v) is 17.5.